The highest BCUT2D eigenvalue weighted by Gasteiger charge is 2.45. The van der Waals surface area contributed by atoms with Gasteiger partial charge in [-0.15, -0.1) is 0 Å². The van der Waals surface area contributed by atoms with Gasteiger partial charge in [-0.05, 0) is 61.3 Å². The first-order valence-electron chi connectivity index (χ1n) is 11.9. The minimum atomic E-state index is -2.84. The van der Waals surface area contributed by atoms with Crippen molar-refractivity contribution in [2.24, 2.45) is 16.9 Å². The minimum Gasteiger partial charge on any atom is -0.366 e. The van der Waals surface area contributed by atoms with E-state index in [1.807, 2.05) is 0 Å². The summed E-state index contributed by atoms with van der Waals surface area (Å²) >= 11 is 7.90. The summed E-state index contributed by atoms with van der Waals surface area (Å²) in [6.45, 7) is 4.91. The second-order valence-electron chi connectivity index (χ2n) is 10.0. The molecule has 1 saturated heterocycles. The summed E-state index contributed by atoms with van der Waals surface area (Å²) in [5, 5.41) is 1.23. The lowest BCUT2D eigenvalue weighted by molar-refractivity contribution is 0.100. The molecule has 188 valence electrons. The van der Waals surface area contributed by atoms with E-state index in [0.29, 0.717) is 15.2 Å². The summed E-state index contributed by atoms with van der Waals surface area (Å²) < 4.78 is 12.8. The van der Waals surface area contributed by atoms with Crippen LogP contribution in [-0.4, -0.2) is 42.3 Å². The van der Waals surface area contributed by atoms with Crippen LogP contribution < -0.4 is 21.7 Å². The van der Waals surface area contributed by atoms with Crippen LogP contribution in [0.4, 0.5) is 5.82 Å². The number of aromatic nitrogens is 2. The first kappa shape index (κ1) is 25.3. The number of hydrogen-bond donors (Lipinski definition) is 2. The molecule has 0 bridgehead atoms. The molecule has 3 aromatic rings. The Morgan fingerprint density at radius 1 is 1.14 bits per heavy atom. The van der Waals surface area contributed by atoms with Gasteiger partial charge in [0, 0.05) is 29.3 Å². The first-order chi connectivity index (χ1) is 17.1. The Kier molecular flexibility index (Phi) is 6.66. The number of piperidine rings is 1. The molecule has 0 saturated carbocycles. The fourth-order valence-corrected chi connectivity index (χ4v) is 8.56. The molecule has 1 aromatic heterocycles. The van der Waals surface area contributed by atoms with Crippen LogP contribution in [0.1, 0.15) is 40.4 Å². The van der Waals surface area contributed by atoms with E-state index in [4.69, 9.17) is 23.1 Å². The highest BCUT2D eigenvalue weighted by molar-refractivity contribution is 7.99. The zero-order valence-electron chi connectivity index (χ0n) is 20.3. The van der Waals surface area contributed by atoms with Gasteiger partial charge in [-0.1, -0.05) is 47.6 Å². The molecule has 36 heavy (non-hydrogen) atoms. The molecule has 1 fully saturated rings. The standard InChI is InChI=1S/C26H29ClN5O2PS/c1-35(2,34)23-18(25(29)33)7-8-19(22(23)27)36-21-15-30-20(14-31-21)32-11-9-26(10-12-32)13-16-5-3-4-6-17(16)24(26)28/h3-8,14-15,24H,9-13,28H2,1-2H3,(H2,29,33)/t24-/m1/s1. The number of anilines is 1. The van der Waals surface area contributed by atoms with Crippen molar-refractivity contribution < 1.29 is 9.36 Å². The molecule has 2 aromatic carbocycles. The monoisotopic (exact) mass is 541 g/mol. The average Bonchev–Trinajstić information content (AvgIpc) is 3.11. The number of carbonyl (C=O) groups is 1. The number of amides is 1. The fourth-order valence-electron chi connectivity index (χ4n) is 5.47. The number of nitrogens with zero attached hydrogens (tertiary/aromatic N) is 3. The van der Waals surface area contributed by atoms with Crippen molar-refractivity contribution in [1.29, 1.82) is 0 Å². The maximum absolute atomic E-state index is 12.8. The highest BCUT2D eigenvalue weighted by atomic mass is 35.5. The smallest absolute Gasteiger partial charge is 0.249 e. The van der Waals surface area contributed by atoms with E-state index in [9.17, 15) is 9.36 Å². The van der Waals surface area contributed by atoms with Crippen LogP contribution in [0.2, 0.25) is 5.02 Å². The molecule has 1 amide bonds. The number of carbonyl (C=O) groups excluding carboxylic acids is 1. The van der Waals surface area contributed by atoms with E-state index in [2.05, 4.69) is 39.1 Å². The van der Waals surface area contributed by atoms with Gasteiger partial charge in [0.1, 0.15) is 18.0 Å². The number of nitrogens with two attached hydrogens (primary N) is 2. The van der Waals surface area contributed by atoms with E-state index >= 15 is 0 Å². The second-order valence-corrected chi connectivity index (χ2v) is 14.6. The van der Waals surface area contributed by atoms with Gasteiger partial charge in [0.2, 0.25) is 5.91 Å². The zero-order valence-corrected chi connectivity index (χ0v) is 22.7. The number of fused-ring (bicyclic) bond motifs is 1. The molecular formula is C26H29ClN5O2PS. The van der Waals surface area contributed by atoms with Gasteiger partial charge >= 0.3 is 0 Å². The van der Waals surface area contributed by atoms with E-state index in [1.165, 1.54) is 22.9 Å². The largest absolute Gasteiger partial charge is 0.366 e. The molecule has 5 rings (SSSR count). The molecule has 4 N–H and O–H groups in total. The van der Waals surface area contributed by atoms with E-state index in [1.54, 1.807) is 37.9 Å². The topological polar surface area (TPSA) is 115 Å². The van der Waals surface area contributed by atoms with Crippen molar-refractivity contribution in [3.8, 4) is 0 Å². The van der Waals surface area contributed by atoms with Gasteiger partial charge in [0.25, 0.3) is 0 Å². The average molecular weight is 542 g/mol. The molecule has 1 atom stereocenters. The van der Waals surface area contributed by atoms with Crippen LogP contribution in [0.3, 0.4) is 0 Å². The molecule has 2 aliphatic rings. The van der Waals surface area contributed by atoms with Gasteiger partial charge < -0.3 is 20.9 Å². The summed E-state index contributed by atoms with van der Waals surface area (Å²) in [5.74, 6) is 0.183. The normalized spacial score (nSPS) is 18.9. The molecule has 7 nitrogen and oxygen atoms in total. The number of primary amides is 1. The lowest BCUT2D eigenvalue weighted by atomic mass is 9.73. The molecule has 1 aliphatic carbocycles. The van der Waals surface area contributed by atoms with E-state index < -0.39 is 13.0 Å². The van der Waals surface area contributed by atoms with Crippen molar-refractivity contribution in [2.75, 3.05) is 31.3 Å². The van der Waals surface area contributed by atoms with Crippen LogP contribution in [0.25, 0.3) is 0 Å². The van der Waals surface area contributed by atoms with Crippen LogP contribution in [0, 0.1) is 5.41 Å². The maximum Gasteiger partial charge on any atom is 0.249 e. The SMILES string of the molecule is CP(C)(=O)c1c(C(N)=O)ccc(Sc2cnc(N3CCC4(CC3)Cc3ccccc3[C@H]4N)cn2)c1Cl. The van der Waals surface area contributed by atoms with Crippen molar-refractivity contribution in [1.82, 2.24) is 9.97 Å². The van der Waals surface area contributed by atoms with Crippen LogP contribution in [0.5, 0.6) is 0 Å². The Labute approximate surface area is 220 Å². The van der Waals surface area contributed by atoms with E-state index in [0.717, 1.165) is 38.2 Å². The number of benzene rings is 2. The van der Waals surface area contributed by atoms with Crippen LogP contribution in [-0.2, 0) is 11.0 Å². The molecule has 1 spiro atoms. The molecule has 0 unspecified atom stereocenters. The number of hydrogen-bond acceptors (Lipinski definition) is 7. The van der Waals surface area contributed by atoms with Gasteiger partial charge in [-0.3, -0.25) is 4.79 Å². The predicted octanol–water partition coefficient (Wildman–Crippen LogP) is 4.47. The van der Waals surface area contributed by atoms with Crippen molar-refractivity contribution in [3.63, 3.8) is 0 Å². The Bertz CT molecular complexity index is 1370. The number of rotatable bonds is 5. The summed E-state index contributed by atoms with van der Waals surface area (Å²) in [7, 11) is -2.84. The van der Waals surface area contributed by atoms with Crippen molar-refractivity contribution in [2.45, 2.75) is 35.2 Å². The summed E-state index contributed by atoms with van der Waals surface area (Å²) in [6, 6.07) is 11.9. The van der Waals surface area contributed by atoms with Crippen molar-refractivity contribution >= 4 is 47.5 Å². The molecular weight excluding hydrogens is 513 g/mol. The Balaban J connectivity index is 1.29. The van der Waals surface area contributed by atoms with Crippen molar-refractivity contribution in [3.05, 3.63) is 70.5 Å². The first-order valence-corrected chi connectivity index (χ1v) is 15.6. The third-order valence-electron chi connectivity index (χ3n) is 7.39. The number of halogens is 1. The Morgan fingerprint density at radius 3 is 2.47 bits per heavy atom. The molecule has 1 aliphatic heterocycles. The summed E-state index contributed by atoms with van der Waals surface area (Å²) in [5.41, 5.74) is 15.2. The Hall–Kier alpha value is -2.38. The molecule has 0 radical (unpaired) electrons. The van der Waals surface area contributed by atoms with Gasteiger partial charge in [0.05, 0.1) is 23.0 Å². The second kappa shape index (κ2) is 9.49. The molecule has 10 heteroatoms. The zero-order chi connectivity index (χ0) is 25.7. The fraction of sp³-hybridized carbons (Fsp3) is 0.346. The quantitative estimate of drug-likeness (QED) is 0.458. The third-order valence-corrected chi connectivity index (χ3v) is 10.5. The predicted molar refractivity (Wildman–Crippen MR) is 146 cm³/mol. The summed E-state index contributed by atoms with van der Waals surface area (Å²) in [4.78, 5) is 24.0. The lowest BCUT2D eigenvalue weighted by Gasteiger charge is -2.42. The third kappa shape index (κ3) is 4.56. The van der Waals surface area contributed by atoms with E-state index in [-0.39, 0.29) is 22.0 Å². The molecule has 2 heterocycles. The highest BCUT2D eigenvalue weighted by Crippen LogP contribution is 2.51. The van der Waals surface area contributed by atoms with Crippen LogP contribution in [0.15, 0.2) is 58.7 Å². The summed E-state index contributed by atoms with van der Waals surface area (Å²) in [6.07, 6.45) is 6.57. The minimum absolute atomic E-state index is 0.0813. The van der Waals surface area contributed by atoms with Crippen LogP contribution >= 0.6 is 30.5 Å². The van der Waals surface area contributed by atoms with Gasteiger partial charge in [0.15, 0.2) is 0 Å². The lowest BCUT2D eigenvalue weighted by Crippen LogP contribution is -2.44. The van der Waals surface area contributed by atoms with Gasteiger partial charge in [-0.2, -0.15) is 0 Å². The maximum atomic E-state index is 12.8. The van der Waals surface area contributed by atoms with Gasteiger partial charge in [-0.25, -0.2) is 9.97 Å². The Morgan fingerprint density at radius 2 is 1.86 bits per heavy atom.